The van der Waals surface area contributed by atoms with E-state index < -0.39 is 12.0 Å². The Labute approximate surface area is 170 Å². The van der Waals surface area contributed by atoms with E-state index in [9.17, 15) is 14.4 Å². The first-order chi connectivity index (χ1) is 13.2. The summed E-state index contributed by atoms with van der Waals surface area (Å²) in [6.07, 6.45) is 0.715. The molecule has 1 unspecified atom stereocenters. The molecule has 3 N–H and O–H groups in total. The van der Waals surface area contributed by atoms with Crippen molar-refractivity contribution in [1.82, 2.24) is 5.32 Å². The van der Waals surface area contributed by atoms with Crippen molar-refractivity contribution in [3.63, 3.8) is 0 Å². The zero-order valence-corrected chi connectivity index (χ0v) is 17.7. The molecule has 156 valence electrons. The zero-order chi connectivity index (χ0) is 21.3. The van der Waals surface area contributed by atoms with Crippen LogP contribution in [0.25, 0.3) is 0 Å². The summed E-state index contributed by atoms with van der Waals surface area (Å²) < 4.78 is 9.95. The van der Waals surface area contributed by atoms with Gasteiger partial charge in [0.25, 0.3) is 11.8 Å². The van der Waals surface area contributed by atoms with Gasteiger partial charge in [-0.1, -0.05) is 31.9 Å². The van der Waals surface area contributed by atoms with E-state index in [2.05, 4.69) is 10.6 Å². The van der Waals surface area contributed by atoms with Crippen molar-refractivity contribution in [2.45, 2.75) is 26.3 Å². The summed E-state index contributed by atoms with van der Waals surface area (Å²) >= 11 is 5.95. The van der Waals surface area contributed by atoms with Gasteiger partial charge in [0, 0.05) is 5.02 Å². The van der Waals surface area contributed by atoms with Gasteiger partial charge >= 0.3 is 5.97 Å². The van der Waals surface area contributed by atoms with Gasteiger partial charge in [-0.2, -0.15) is 0 Å². The van der Waals surface area contributed by atoms with E-state index in [1.807, 2.05) is 13.8 Å². The second-order valence-corrected chi connectivity index (χ2v) is 7.09. The van der Waals surface area contributed by atoms with Crippen LogP contribution in [0, 0.1) is 5.92 Å². The van der Waals surface area contributed by atoms with E-state index in [0.29, 0.717) is 27.8 Å². The van der Waals surface area contributed by atoms with E-state index in [1.54, 1.807) is 25.2 Å². The molecule has 0 saturated heterocycles. The van der Waals surface area contributed by atoms with Crippen LogP contribution >= 0.6 is 11.6 Å². The van der Waals surface area contributed by atoms with Crippen LogP contribution in [0.3, 0.4) is 0 Å². The number of anilines is 1. The van der Waals surface area contributed by atoms with Crippen LogP contribution in [0.1, 0.15) is 20.3 Å². The minimum atomic E-state index is -0.708. The topological polar surface area (TPSA) is 98.2 Å². The van der Waals surface area contributed by atoms with Crippen LogP contribution in [-0.2, 0) is 19.1 Å². The molecule has 1 aromatic rings. The third kappa shape index (κ3) is 7.36. The lowest BCUT2D eigenvalue weighted by molar-refractivity contribution is -0.862. The number of benzene rings is 1. The molecule has 0 aliphatic carbocycles. The quantitative estimate of drug-likeness (QED) is 0.484. The molecule has 0 aromatic heterocycles. The Morgan fingerprint density at radius 2 is 1.82 bits per heavy atom. The van der Waals surface area contributed by atoms with E-state index in [4.69, 9.17) is 21.1 Å². The van der Waals surface area contributed by atoms with Crippen LogP contribution in [0.2, 0.25) is 5.02 Å². The lowest BCUT2D eigenvalue weighted by Gasteiger charge is -2.22. The highest BCUT2D eigenvalue weighted by atomic mass is 35.5. The van der Waals surface area contributed by atoms with E-state index in [1.165, 1.54) is 14.2 Å². The van der Waals surface area contributed by atoms with Crippen molar-refractivity contribution in [2.24, 2.45) is 5.92 Å². The molecule has 0 fully saturated rings. The largest absolute Gasteiger partial charge is 0.495 e. The summed E-state index contributed by atoms with van der Waals surface area (Å²) in [6, 6.07) is 4.20. The molecule has 1 aromatic carbocycles. The molecule has 1 rings (SSSR count). The molecule has 2 amide bonds. The average molecular weight is 415 g/mol. The van der Waals surface area contributed by atoms with Gasteiger partial charge < -0.3 is 25.0 Å². The average Bonchev–Trinajstić information content (AvgIpc) is 2.64. The highest BCUT2D eigenvalue weighted by Gasteiger charge is 2.27. The Bertz CT molecular complexity index is 698. The van der Waals surface area contributed by atoms with Gasteiger partial charge in [0.05, 0.1) is 27.0 Å². The van der Waals surface area contributed by atoms with Crippen molar-refractivity contribution in [1.29, 1.82) is 0 Å². The van der Waals surface area contributed by atoms with Crippen molar-refractivity contribution < 1.29 is 28.8 Å². The molecular formula is C19H29ClN3O5+. The van der Waals surface area contributed by atoms with Gasteiger partial charge in [-0.05, 0) is 24.1 Å². The van der Waals surface area contributed by atoms with Crippen LogP contribution in [-0.4, -0.2) is 58.2 Å². The highest BCUT2D eigenvalue weighted by molar-refractivity contribution is 6.31. The maximum absolute atomic E-state index is 12.3. The lowest BCUT2D eigenvalue weighted by atomic mass is 9.99. The Hall–Kier alpha value is -2.32. The molecule has 0 spiro atoms. The minimum absolute atomic E-state index is 0.0318. The molecule has 0 aliphatic rings. The molecular weight excluding hydrogens is 386 g/mol. The number of hydrogen-bond donors (Lipinski definition) is 3. The molecule has 0 bridgehead atoms. The van der Waals surface area contributed by atoms with Crippen molar-refractivity contribution in [3.8, 4) is 5.75 Å². The van der Waals surface area contributed by atoms with Crippen LogP contribution < -0.4 is 20.3 Å². The summed E-state index contributed by atoms with van der Waals surface area (Å²) in [5.74, 6) is -0.678. The zero-order valence-electron chi connectivity index (χ0n) is 16.9. The summed E-state index contributed by atoms with van der Waals surface area (Å²) in [5, 5.41) is 5.89. The Balaban J connectivity index is 2.62. The number of carbonyl (C=O) groups is 3. The monoisotopic (exact) mass is 414 g/mol. The first kappa shape index (κ1) is 23.7. The number of hydrogen-bond acceptors (Lipinski definition) is 5. The number of esters is 1. The first-order valence-corrected chi connectivity index (χ1v) is 9.41. The second-order valence-electron chi connectivity index (χ2n) is 6.66. The number of amides is 2. The predicted octanol–water partition coefficient (Wildman–Crippen LogP) is 0.506. The van der Waals surface area contributed by atoms with Gasteiger partial charge in [-0.25, -0.2) is 4.79 Å². The second kappa shape index (κ2) is 11.5. The van der Waals surface area contributed by atoms with Gasteiger partial charge in [0.1, 0.15) is 11.8 Å². The highest BCUT2D eigenvalue weighted by Crippen LogP contribution is 2.27. The van der Waals surface area contributed by atoms with Gasteiger partial charge in [0.2, 0.25) is 0 Å². The van der Waals surface area contributed by atoms with Gasteiger partial charge in [0.15, 0.2) is 13.1 Å². The first-order valence-electron chi connectivity index (χ1n) is 9.03. The molecule has 8 nitrogen and oxygen atoms in total. The molecule has 3 atom stereocenters. The van der Waals surface area contributed by atoms with Crippen molar-refractivity contribution in [3.05, 3.63) is 23.2 Å². The van der Waals surface area contributed by atoms with Crippen LogP contribution in [0.5, 0.6) is 5.75 Å². The number of ether oxygens (including phenoxy) is 2. The Kier molecular flexibility index (Phi) is 9.75. The maximum Gasteiger partial charge on any atom is 0.328 e. The molecule has 0 aliphatic heterocycles. The van der Waals surface area contributed by atoms with E-state index in [0.717, 1.165) is 0 Å². The standard InChI is InChI=1S/C19H28ClN3O5/c1-6-12(2)18(19(26)28-5)22-17(25)11-23(3)10-16(24)21-14-9-13(20)7-8-15(14)27-4/h7-9,12,18H,6,10-11H2,1-5H3,(H,21,24)(H,22,25)/p+1/t12-,18-/m1/s1. The minimum Gasteiger partial charge on any atom is -0.495 e. The fraction of sp³-hybridized carbons (Fsp3) is 0.526. The fourth-order valence-corrected chi connectivity index (χ4v) is 2.78. The normalized spacial score (nSPS) is 13.8. The number of nitrogens with one attached hydrogen (secondary N) is 3. The van der Waals surface area contributed by atoms with Crippen molar-refractivity contribution >= 4 is 35.1 Å². The summed E-state index contributed by atoms with van der Waals surface area (Å²) in [6.45, 7) is 3.88. The summed E-state index contributed by atoms with van der Waals surface area (Å²) in [5.41, 5.74) is 0.458. The molecule has 0 saturated carbocycles. The third-order valence-electron chi connectivity index (χ3n) is 4.34. The van der Waals surface area contributed by atoms with Gasteiger partial charge in [-0.3, -0.25) is 9.59 Å². The molecule has 0 heterocycles. The van der Waals surface area contributed by atoms with E-state index >= 15 is 0 Å². The number of likely N-dealkylation sites (N-methyl/N-ethyl adjacent to an activating group) is 1. The Morgan fingerprint density at radius 1 is 1.18 bits per heavy atom. The SMILES string of the molecule is CC[C@@H](C)[C@@H](NC(=O)C[NH+](C)CC(=O)Nc1cc(Cl)ccc1OC)C(=O)OC. The number of carbonyl (C=O) groups excluding carboxylic acids is 3. The van der Waals surface area contributed by atoms with E-state index in [-0.39, 0.29) is 30.8 Å². The fourth-order valence-electron chi connectivity index (χ4n) is 2.60. The van der Waals surface area contributed by atoms with Gasteiger partial charge in [-0.15, -0.1) is 0 Å². The molecule has 0 radical (unpaired) electrons. The Morgan fingerprint density at radius 3 is 2.39 bits per heavy atom. The van der Waals surface area contributed by atoms with Crippen molar-refractivity contribution in [2.75, 3.05) is 39.7 Å². The number of rotatable bonds is 10. The summed E-state index contributed by atoms with van der Waals surface area (Å²) in [7, 11) is 4.50. The third-order valence-corrected chi connectivity index (χ3v) is 4.58. The predicted molar refractivity (Wildman–Crippen MR) is 107 cm³/mol. The number of methoxy groups -OCH3 is 2. The van der Waals surface area contributed by atoms with Crippen LogP contribution in [0.15, 0.2) is 18.2 Å². The summed E-state index contributed by atoms with van der Waals surface area (Å²) in [4.78, 5) is 37.1. The number of quaternary nitrogens is 1. The number of halogens is 1. The molecule has 9 heteroatoms. The molecule has 28 heavy (non-hydrogen) atoms. The van der Waals surface area contributed by atoms with Crippen LogP contribution in [0.4, 0.5) is 5.69 Å². The maximum atomic E-state index is 12.3. The smallest absolute Gasteiger partial charge is 0.328 e. The lowest BCUT2D eigenvalue weighted by Crippen LogP contribution is -3.11.